The molecule has 0 aliphatic rings. The van der Waals surface area contributed by atoms with Crippen molar-refractivity contribution in [1.82, 2.24) is 9.21 Å². The standard InChI is InChI=1S/C18H28N2O4S/c1-14(2)15(3)20(12-16-7-6-10-23-16)13-18-9-8-17(24-18)11-19(4)25(5,21)22/h6-10,14-15H,11-13H2,1-5H3/t15-/m0/s1. The molecule has 0 bridgehead atoms. The molecular formula is C18H28N2O4S. The first kappa shape index (κ1) is 19.8. The smallest absolute Gasteiger partial charge is 0.211 e. The van der Waals surface area contributed by atoms with Gasteiger partial charge in [-0.1, -0.05) is 13.8 Å². The van der Waals surface area contributed by atoms with E-state index in [1.54, 1.807) is 13.3 Å². The van der Waals surface area contributed by atoms with Crippen molar-refractivity contribution in [2.45, 2.75) is 46.4 Å². The van der Waals surface area contributed by atoms with E-state index in [-0.39, 0.29) is 6.54 Å². The van der Waals surface area contributed by atoms with Crippen LogP contribution in [0.1, 0.15) is 38.1 Å². The molecule has 0 aliphatic heterocycles. The topological polar surface area (TPSA) is 66.9 Å². The van der Waals surface area contributed by atoms with Gasteiger partial charge in [-0.3, -0.25) is 4.90 Å². The normalized spacial score (nSPS) is 13.9. The van der Waals surface area contributed by atoms with Crippen LogP contribution in [0.5, 0.6) is 0 Å². The van der Waals surface area contributed by atoms with Gasteiger partial charge in [0.2, 0.25) is 10.0 Å². The zero-order valence-electron chi connectivity index (χ0n) is 15.6. The summed E-state index contributed by atoms with van der Waals surface area (Å²) in [6.45, 7) is 8.14. The number of furan rings is 2. The molecule has 0 spiro atoms. The van der Waals surface area contributed by atoms with Gasteiger partial charge >= 0.3 is 0 Å². The Kier molecular flexibility index (Phi) is 6.48. The van der Waals surface area contributed by atoms with E-state index in [9.17, 15) is 8.42 Å². The second kappa shape index (κ2) is 8.21. The lowest BCUT2D eigenvalue weighted by Gasteiger charge is -2.30. The lowest BCUT2D eigenvalue weighted by atomic mass is 10.0. The van der Waals surface area contributed by atoms with Crippen LogP contribution in [0, 0.1) is 5.92 Å². The third-order valence-corrected chi connectivity index (χ3v) is 5.76. The van der Waals surface area contributed by atoms with Crippen LogP contribution in [0.15, 0.2) is 39.4 Å². The highest BCUT2D eigenvalue weighted by Gasteiger charge is 2.21. The van der Waals surface area contributed by atoms with Gasteiger partial charge < -0.3 is 8.83 Å². The number of nitrogens with zero attached hydrogens (tertiary/aromatic N) is 2. The molecule has 0 saturated carbocycles. The van der Waals surface area contributed by atoms with Gasteiger partial charge in [-0.05, 0) is 37.1 Å². The Labute approximate surface area is 150 Å². The molecule has 0 aromatic carbocycles. The lowest BCUT2D eigenvalue weighted by Crippen LogP contribution is -2.35. The number of sulfonamides is 1. The van der Waals surface area contributed by atoms with Crippen molar-refractivity contribution in [1.29, 1.82) is 0 Å². The van der Waals surface area contributed by atoms with Crippen LogP contribution in [-0.2, 0) is 29.7 Å². The maximum Gasteiger partial charge on any atom is 0.211 e. The van der Waals surface area contributed by atoms with E-state index in [2.05, 4.69) is 25.7 Å². The highest BCUT2D eigenvalue weighted by Crippen LogP contribution is 2.20. The minimum atomic E-state index is -3.22. The van der Waals surface area contributed by atoms with Crippen LogP contribution >= 0.6 is 0 Å². The predicted molar refractivity (Wildman–Crippen MR) is 97.3 cm³/mol. The second-order valence-electron chi connectivity index (χ2n) is 6.86. The first-order valence-electron chi connectivity index (χ1n) is 8.42. The summed E-state index contributed by atoms with van der Waals surface area (Å²) in [5, 5.41) is 0. The van der Waals surface area contributed by atoms with Gasteiger partial charge in [0.05, 0.1) is 32.2 Å². The molecule has 1 atom stereocenters. The Morgan fingerprint density at radius 3 is 2.12 bits per heavy atom. The molecule has 0 fully saturated rings. The van der Waals surface area contributed by atoms with Crippen LogP contribution in [0.2, 0.25) is 0 Å². The van der Waals surface area contributed by atoms with E-state index in [0.29, 0.717) is 30.8 Å². The fourth-order valence-electron chi connectivity index (χ4n) is 2.50. The first-order valence-corrected chi connectivity index (χ1v) is 10.3. The molecule has 0 amide bonds. The third kappa shape index (κ3) is 5.73. The summed E-state index contributed by atoms with van der Waals surface area (Å²) in [6.07, 6.45) is 2.87. The zero-order valence-corrected chi connectivity index (χ0v) is 16.4. The van der Waals surface area contributed by atoms with Gasteiger partial charge in [-0.2, -0.15) is 4.31 Å². The van der Waals surface area contributed by atoms with Crippen LogP contribution in [0.3, 0.4) is 0 Å². The lowest BCUT2D eigenvalue weighted by molar-refractivity contribution is 0.129. The summed E-state index contributed by atoms with van der Waals surface area (Å²) in [5.74, 6) is 2.85. The van der Waals surface area contributed by atoms with Crippen LogP contribution in [0.25, 0.3) is 0 Å². The Bertz CT molecular complexity index is 750. The monoisotopic (exact) mass is 368 g/mol. The van der Waals surface area contributed by atoms with Gasteiger partial charge in [-0.25, -0.2) is 8.42 Å². The molecule has 2 heterocycles. The third-order valence-electron chi connectivity index (χ3n) is 4.50. The molecular weight excluding hydrogens is 340 g/mol. The Morgan fingerprint density at radius 2 is 1.60 bits per heavy atom. The summed E-state index contributed by atoms with van der Waals surface area (Å²) in [5.41, 5.74) is 0. The highest BCUT2D eigenvalue weighted by atomic mass is 32.2. The molecule has 2 rings (SSSR count). The van der Waals surface area contributed by atoms with Gasteiger partial charge in [0, 0.05) is 13.1 Å². The number of hydrogen-bond acceptors (Lipinski definition) is 5. The van der Waals surface area contributed by atoms with Crippen LogP contribution in [0.4, 0.5) is 0 Å². The summed E-state index contributed by atoms with van der Waals surface area (Å²) in [7, 11) is -1.68. The summed E-state index contributed by atoms with van der Waals surface area (Å²) >= 11 is 0. The SMILES string of the molecule is CC(C)[C@H](C)N(Cc1ccco1)Cc1ccc(CN(C)S(C)(=O)=O)o1. The summed E-state index contributed by atoms with van der Waals surface area (Å²) < 4.78 is 35.7. The summed E-state index contributed by atoms with van der Waals surface area (Å²) in [6, 6.07) is 7.95. The molecule has 0 saturated heterocycles. The second-order valence-corrected chi connectivity index (χ2v) is 8.95. The molecule has 7 heteroatoms. The van der Waals surface area contributed by atoms with E-state index in [4.69, 9.17) is 8.83 Å². The van der Waals surface area contributed by atoms with Crippen molar-refractivity contribution in [2.24, 2.45) is 5.92 Å². The van der Waals surface area contributed by atoms with Gasteiger partial charge in [-0.15, -0.1) is 0 Å². The molecule has 0 radical (unpaired) electrons. The minimum Gasteiger partial charge on any atom is -0.468 e. The van der Waals surface area contributed by atoms with Gasteiger partial charge in [0.15, 0.2) is 0 Å². The van der Waals surface area contributed by atoms with Crippen molar-refractivity contribution >= 4 is 10.0 Å². The Balaban J connectivity index is 2.08. The zero-order chi connectivity index (χ0) is 18.6. The van der Waals surface area contributed by atoms with E-state index in [1.807, 2.05) is 24.3 Å². The average Bonchev–Trinajstić information content (AvgIpc) is 3.17. The quantitative estimate of drug-likeness (QED) is 0.679. The van der Waals surface area contributed by atoms with Gasteiger partial charge in [0.25, 0.3) is 0 Å². The Morgan fingerprint density at radius 1 is 1.00 bits per heavy atom. The first-order chi connectivity index (χ1) is 11.7. The largest absolute Gasteiger partial charge is 0.468 e. The molecule has 0 unspecified atom stereocenters. The van der Waals surface area contributed by atoms with Crippen LogP contribution < -0.4 is 0 Å². The molecule has 140 valence electrons. The fraction of sp³-hybridized carbons (Fsp3) is 0.556. The molecule has 0 N–H and O–H groups in total. The highest BCUT2D eigenvalue weighted by molar-refractivity contribution is 7.88. The molecule has 2 aromatic rings. The van der Waals surface area contributed by atoms with Crippen molar-refractivity contribution in [3.63, 3.8) is 0 Å². The maximum atomic E-state index is 11.5. The van der Waals surface area contributed by atoms with Crippen molar-refractivity contribution in [2.75, 3.05) is 13.3 Å². The minimum absolute atomic E-state index is 0.233. The van der Waals surface area contributed by atoms with Gasteiger partial charge in [0.1, 0.15) is 17.3 Å². The maximum absolute atomic E-state index is 11.5. The average molecular weight is 368 g/mol. The molecule has 0 aliphatic carbocycles. The van der Waals surface area contributed by atoms with Crippen LogP contribution in [-0.4, -0.2) is 37.0 Å². The Hall–Kier alpha value is -1.57. The number of hydrogen-bond donors (Lipinski definition) is 0. The van der Waals surface area contributed by atoms with E-state index >= 15 is 0 Å². The van der Waals surface area contributed by atoms with E-state index in [0.717, 1.165) is 11.5 Å². The summed E-state index contributed by atoms with van der Waals surface area (Å²) in [4.78, 5) is 2.30. The molecule has 25 heavy (non-hydrogen) atoms. The number of rotatable bonds is 9. The van der Waals surface area contributed by atoms with Crippen molar-refractivity contribution < 1.29 is 17.3 Å². The fourth-order valence-corrected chi connectivity index (χ4v) is 2.86. The van der Waals surface area contributed by atoms with E-state index < -0.39 is 10.0 Å². The van der Waals surface area contributed by atoms with Crippen molar-refractivity contribution in [3.05, 3.63) is 47.8 Å². The molecule has 6 nitrogen and oxygen atoms in total. The predicted octanol–water partition coefficient (Wildman–Crippen LogP) is 3.31. The van der Waals surface area contributed by atoms with Crippen molar-refractivity contribution in [3.8, 4) is 0 Å². The molecule has 2 aromatic heterocycles. The van der Waals surface area contributed by atoms with E-state index in [1.165, 1.54) is 10.6 Å².